The van der Waals surface area contributed by atoms with Crippen LogP contribution in [0.1, 0.15) is 46.3 Å². The van der Waals surface area contributed by atoms with E-state index in [1.807, 2.05) is 35.6 Å². The van der Waals surface area contributed by atoms with Crippen molar-refractivity contribution in [2.45, 2.75) is 18.5 Å². The molecule has 2 aromatic heterocycles. The molecule has 57 heavy (non-hydrogen) atoms. The predicted octanol–water partition coefficient (Wildman–Crippen LogP) is 12.5. The van der Waals surface area contributed by atoms with Crippen LogP contribution in [-0.4, -0.2) is 16.2 Å². The molecular formula is C51H34N4OS. The van der Waals surface area contributed by atoms with Gasteiger partial charge in [0.15, 0.2) is 5.84 Å². The summed E-state index contributed by atoms with van der Waals surface area (Å²) in [4.78, 5) is 10.3. The Balaban J connectivity index is 0.961. The Morgan fingerprint density at radius 1 is 0.614 bits per heavy atom. The van der Waals surface area contributed by atoms with Crippen molar-refractivity contribution in [2.24, 2.45) is 9.98 Å². The van der Waals surface area contributed by atoms with Crippen LogP contribution in [0.5, 0.6) is 5.75 Å². The maximum Gasteiger partial charge on any atom is 0.159 e. The number of ether oxygens (including phenoxy) is 1. The molecule has 270 valence electrons. The van der Waals surface area contributed by atoms with E-state index in [0.717, 1.165) is 52.0 Å². The number of aliphatic imine (C=N–C) groups is 2. The van der Waals surface area contributed by atoms with Crippen molar-refractivity contribution in [2.75, 3.05) is 0 Å². The lowest BCUT2D eigenvalue weighted by Gasteiger charge is -2.25. The second-order valence-electron chi connectivity index (χ2n) is 14.9. The highest BCUT2D eigenvalue weighted by Crippen LogP contribution is 2.51. The summed E-state index contributed by atoms with van der Waals surface area (Å²) in [5, 5.41) is 8.77. The Morgan fingerprint density at radius 3 is 2.07 bits per heavy atom. The summed E-state index contributed by atoms with van der Waals surface area (Å²) in [6, 6.07) is 58.1. The molecule has 0 saturated heterocycles. The molecule has 7 aromatic carbocycles. The lowest BCUT2D eigenvalue weighted by atomic mass is 9.83. The van der Waals surface area contributed by atoms with Crippen LogP contribution in [0.3, 0.4) is 0 Å². The van der Waals surface area contributed by atoms with Crippen LogP contribution in [0, 0.1) is 0 Å². The fourth-order valence-electron chi connectivity index (χ4n) is 9.08. The summed E-state index contributed by atoms with van der Waals surface area (Å²) in [5.41, 5.74) is 10.5. The number of benzene rings is 7. The van der Waals surface area contributed by atoms with E-state index in [0.29, 0.717) is 0 Å². The molecule has 2 atom stereocenters. The van der Waals surface area contributed by atoms with Crippen LogP contribution in [-0.2, 0) is 0 Å². The van der Waals surface area contributed by atoms with Crippen LogP contribution in [0.25, 0.3) is 53.2 Å². The van der Waals surface area contributed by atoms with Gasteiger partial charge in [0, 0.05) is 64.8 Å². The highest BCUT2D eigenvalue weighted by Gasteiger charge is 2.34. The van der Waals surface area contributed by atoms with Gasteiger partial charge in [-0.2, -0.15) is 0 Å². The molecule has 0 spiro atoms. The Kier molecular flexibility index (Phi) is 7.22. The smallest absolute Gasteiger partial charge is 0.159 e. The lowest BCUT2D eigenvalue weighted by Crippen LogP contribution is -2.33. The monoisotopic (exact) mass is 750 g/mol. The van der Waals surface area contributed by atoms with Crippen LogP contribution >= 0.6 is 11.3 Å². The second kappa shape index (κ2) is 12.8. The highest BCUT2D eigenvalue weighted by atomic mass is 32.1. The van der Waals surface area contributed by atoms with Gasteiger partial charge < -0.3 is 14.6 Å². The zero-order valence-electron chi connectivity index (χ0n) is 30.8. The first-order valence-electron chi connectivity index (χ1n) is 19.4. The van der Waals surface area contributed by atoms with Crippen molar-refractivity contribution < 1.29 is 4.74 Å². The molecule has 12 rings (SSSR count). The maximum atomic E-state index is 6.55. The third kappa shape index (κ3) is 5.14. The number of nitrogens with zero attached hydrogens (tertiary/aromatic N) is 3. The van der Waals surface area contributed by atoms with Gasteiger partial charge in [-0.3, -0.25) is 0 Å². The first-order valence-corrected chi connectivity index (χ1v) is 20.3. The number of aromatic nitrogens is 1. The van der Waals surface area contributed by atoms with Crippen LogP contribution in [0.2, 0.25) is 0 Å². The van der Waals surface area contributed by atoms with Crippen LogP contribution in [0.15, 0.2) is 192 Å². The van der Waals surface area contributed by atoms with Crippen molar-refractivity contribution in [3.63, 3.8) is 0 Å². The number of nitrogens with one attached hydrogen (secondary N) is 1. The van der Waals surface area contributed by atoms with E-state index in [1.54, 1.807) is 0 Å². The number of fused-ring (bicyclic) bond motifs is 9. The molecule has 5 nitrogen and oxygen atoms in total. The van der Waals surface area contributed by atoms with Gasteiger partial charge in [0.25, 0.3) is 0 Å². The number of rotatable bonds is 5. The molecule has 0 radical (unpaired) electrons. The number of hydrogen-bond acceptors (Lipinski definition) is 5. The molecule has 4 heterocycles. The summed E-state index contributed by atoms with van der Waals surface area (Å²) in [7, 11) is 0. The summed E-state index contributed by atoms with van der Waals surface area (Å²) < 4.78 is 11.5. The standard InChI is InChI=1S/C51H34N4OS/c1-3-13-31(14-4-1)49-52-50(32-15-5-2-6-16-32)54-51(53-49)38-20-12-24-46-48(38)47-35(19-11-23-45(47)57-46)33-25-27-43-39(29-33)40-30-34(26-28-44(40)56-43)55-41-21-9-7-17-36(41)37-18-8-10-22-42(37)55/h1-28,30,39,51H,29H2,(H,52,53,54). The number of allylic oxidation sites excluding steroid dienone is 4. The highest BCUT2D eigenvalue weighted by molar-refractivity contribution is 7.25. The third-order valence-electron chi connectivity index (χ3n) is 11.7. The largest absolute Gasteiger partial charge is 0.461 e. The maximum absolute atomic E-state index is 6.55. The molecule has 1 N–H and O–H groups in total. The molecule has 9 aromatic rings. The fourth-order valence-corrected chi connectivity index (χ4v) is 10.2. The quantitative estimate of drug-likeness (QED) is 0.190. The summed E-state index contributed by atoms with van der Waals surface area (Å²) in [6.07, 6.45) is 4.98. The minimum atomic E-state index is -0.330. The van der Waals surface area contributed by atoms with Crippen molar-refractivity contribution in [3.05, 3.63) is 210 Å². The molecule has 2 aliphatic heterocycles. The molecule has 0 amide bonds. The van der Waals surface area contributed by atoms with Gasteiger partial charge in [0.1, 0.15) is 23.5 Å². The number of hydrogen-bond donors (Lipinski definition) is 1. The van der Waals surface area contributed by atoms with Crippen molar-refractivity contribution in [3.8, 4) is 11.4 Å². The molecule has 6 heteroatoms. The Hall–Kier alpha value is -7.02. The normalized spacial score (nSPS) is 17.4. The summed E-state index contributed by atoms with van der Waals surface area (Å²) in [5.74, 6) is 3.62. The van der Waals surface area contributed by atoms with Gasteiger partial charge in [-0.15, -0.1) is 11.3 Å². The zero-order chi connectivity index (χ0) is 37.5. The topological polar surface area (TPSA) is 50.9 Å². The van der Waals surface area contributed by atoms with E-state index >= 15 is 0 Å². The molecular weight excluding hydrogens is 717 g/mol. The summed E-state index contributed by atoms with van der Waals surface area (Å²) >= 11 is 1.85. The van der Waals surface area contributed by atoms with Gasteiger partial charge in [0.2, 0.25) is 0 Å². The zero-order valence-corrected chi connectivity index (χ0v) is 31.6. The minimum absolute atomic E-state index is 0.121. The SMILES string of the molecule is C1=C(c2cccc3sc4cccc(C5N=C(c6ccccc6)N=C(c6ccccc6)N5)c4c23)CC2C(=C1)Oc1ccc(-n3c4ccccc4c4ccccc43)cc12. The second-order valence-corrected chi connectivity index (χ2v) is 16.0. The number of thiophene rings is 1. The van der Waals surface area contributed by atoms with Gasteiger partial charge in [-0.1, -0.05) is 127 Å². The lowest BCUT2D eigenvalue weighted by molar-refractivity contribution is 0.426. The molecule has 0 bridgehead atoms. The van der Waals surface area contributed by atoms with E-state index in [-0.39, 0.29) is 12.1 Å². The number of amidine groups is 2. The molecule has 2 unspecified atom stereocenters. The van der Waals surface area contributed by atoms with Gasteiger partial charge >= 0.3 is 0 Å². The Bertz CT molecular complexity index is 3170. The number of para-hydroxylation sites is 2. The molecule has 1 aliphatic carbocycles. The van der Waals surface area contributed by atoms with Crippen LogP contribution in [0.4, 0.5) is 0 Å². The van der Waals surface area contributed by atoms with E-state index in [1.165, 1.54) is 58.7 Å². The van der Waals surface area contributed by atoms with Crippen molar-refractivity contribution in [1.82, 2.24) is 9.88 Å². The Labute approximate surface area is 333 Å². The summed E-state index contributed by atoms with van der Waals surface area (Å²) in [6.45, 7) is 0. The minimum Gasteiger partial charge on any atom is -0.461 e. The molecule has 0 saturated carbocycles. The average molecular weight is 751 g/mol. The Morgan fingerprint density at radius 2 is 1.30 bits per heavy atom. The van der Waals surface area contributed by atoms with Crippen LogP contribution < -0.4 is 10.1 Å². The van der Waals surface area contributed by atoms with Gasteiger partial charge in [0.05, 0.1) is 11.0 Å². The van der Waals surface area contributed by atoms with Gasteiger partial charge in [-0.05, 0) is 66.1 Å². The fraction of sp³-hybridized carbons (Fsp3) is 0.0588. The third-order valence-corrected chi connectivity index (χ3v) is 12.8. The average Bonchev–Trinajstić information content (AvgIpc) is 3.96. The van der Waals surface area contributed by atoms with E-state index in [4.69, 9.17) is 14.7 Å². The van der Waals surface area contributed by atoms with E-state index in [9.17, 15) is 0 Å². The van der Waals surface area contributed by atoms with Crippen molar-refractivity contribution in [1.29, 1.82) is 0 Å². The predicted molar refractivity (Wildman–Crippen MR) is 236 cm³/mol. The molecule has 3 aliphatic rings. The van der Waals surface area contributed by atoms with Gasteiger partial charge in [-0.25, -0.2) is 9.98 Å². The first-order chi connectivity index (χ1) is 28.2. The molecule has 0 fully saturated rings. The first kappa shape index (κ1) is 32.2. The van der Waals surface area contributed by atoms with Crippen molar-refractivity contribution >= 4 is 70.6 Å². The van der Waals surface area contributed by atoms with E-state index < -0.39 is 0 Å². The van der Waals surface area contributed by atoms with E-state index in [2.05, 4.69) is 162 Å².